The maximum Gasteiger partial charge on any atom is 0.101 e. The van der Waals surface area contributed by atoms with Crippen LogP contribution in [0.1, 0.15) is 11.1 Å². The first-order valence-electron chi connectivity index (χ1n) is 5.13. The molecule has 1 nitrogen and oxygen atoms in total. The van der Waals surface area contributed by atoms with Crippen LogP contribution in [0.5, 0.6) is 0 Å². The maximum atomic E-state index is 5.34. The number of hydrogen-bond donors (Lipinski definition) is 0. The highest BCUT2D eigenvalue weighted by Gasteiger charge is 2.12. The van der Waals surface area contributed by atoms with Crippen LogP contribution in [-0.2, 0) is 11.2 Å². The summed E-state index contributed by atoms with van der Waals surface area (Å²) in [4.78, 5) is 0. The summed E-state index contributed by atoms with van der Waals surface area (Å²) in [7, 11) is 1.74. The Balaban J connectivity index is 2.38. The number of allylic oxidation sites excluding steroid dienone is 1. The number of hydrogen-bond acceptors (Lipinski definition) is 1. The average molecular weight is 196 g/mol. The first-order valence-corrected chi connectivity index (χ1v) is 5.13. The molecular formula is C14H12O. The molecular weight excluding hydrogens is 184 g/mol. The summed E-state index contributed by atoms with van der Waals surface area (Å²) >= 11 is 0. The molecule has 0 N–H and O–H groups in total. The Kier molecular flexibility index (Phi) is 1.78. The van der Waals surface area contributed by atoms with Gasteiger partial charge in [-0.25, -0.2) is 0 Å². The van der Waals surface area contributed by atoms with E-state index in [4.69, 9.17) is 4.74 Å². The minimum Gasteiger partial charge on any atom is -0.501 e. The molecule has 0 heterocycles. The summed E-state index contributed by atoms with van der Waals surface area (Å²) in [5.74, 6) is 1.04. The van der Waals surface area contributed by atoms with Crippen molar-refractivity contribution in [2.75, 3.05) is 7.11 Å². The maximum absolute atomic E-state index is 5.34. The van der Waals surface area contributed by atoms with Gasteiger partial charge in [-0.2, -0.15) is 0 Å². The lowest BCUT2D eigenvalue weighted by Crippen LogP contribution is -2.00. The predicted octanol–water partition coefficient (Wildman–Crippen LogP) is 3.38. The Labute approximate surface area is 89.0 Å². The highest BCUT2D eigenvalue weighted by molar-refractivity contribution is 5.95. The van der Waals surface area contributed by atoms with Gasteiger partial charge in [0.25, 0.3) is 0 Å². The van der Waals surface area contributed by atoms with E-state index in [1.807, 2.05) is 0 Å². The summed E-state index contributed by atoms with van der Waals surface area (Å²) in [6.07, 6.45) is 3.04. The van der Waals surface area contributed by atoms with Crippen LogP contribution in [0.3, 0.4) is 0 Å². The van der Waals surface area contributed by atoms with Gasteiger partial charge in [-0.05, 0) is 28.0 Å². The predicted molar refractivity (Wildman–Crippen MR) is 62.6 cm³/mol. The van der Waals surface area contributed by atoms with E-state index in [1.54, 1.807) is 7.11 Å². The number of benzene rings is 2. The molecule has 0 aromatic heterocycles. The van der Waals surface area contributed by atoms with Gasteiger partial charge in [-0.3, -0.25) is 0 Å². The molecule has 0 unspecified atom stereocenters. The van der Waals surface area contributed by atoms with Crippen molar-refractivity contribution in [1.82, 2.24) is 0 Å². The molecule has 15 heavy (non-hydrogen) atoms. The molecule has 1 heteroatoms. The largest absolute Gasteiger partial charge is 0.501 e. The molecule has 0 spiro atoms. The molecule has 3 rings (SSSR count). The van der Waals surface area contributed by atoms with Crippen molar-refractivity contribution in [2.45, 2.75) is 6.42 Å². The molecule has 0 saturated heterocycles. The van der Waals surface area contributed by atoms with Crippen molar-refractivity contribution in [1.29, 1.82) is 0 Å². The SMILES string of the molecule is COC1=Cc2cccc3cccc(c23)C1. The van der Waals surface area contributed by atoms with E-state index >= 15 is 0 Å². The first kappa shape index (κ1) is 8.54. The molecule has 0 fully saturated rings. The molecule has 0 aliphatic heterocycles. The number of ether oxygens (including phenoxy) is 1. The average Bonchev–Trinajstić information content (AvgIpc) is 2.29. The molecule has 0 radical (unpaired) electrons. The molecule has 2 aromatic rings. The highest BCUT2D eigenvalue weighted by Crippen LogP contribution is 2.30. The molecule has 0 atom stereocenters. The Morgan fingerprint density at radius 2 is 1.87 bits per heavy atom. The van der Waals surface area contributed by atoms with Gasteiger partial charge >= 0.3 is 0 Å². The van der Waals surface area contributed by atoms with Gasteiger partial charge in [0.2, 0.25) is 0 Å². The smallest absolute Gasteiger partial charge is 0.101 e. The van der Waals surface area contributed by atoms with Gasteiger partial charge in [-0.1, -0.05) is 36.4 Å². The fraction of sp³-hybridized carbons (Fsp3) is 0.143. The zero-order chi connectivity index (χ0) is 10.3. The van der Waals surface area contributed by atoms with Crippen molar-refractivity contribution in [3.63, 3.8) is 0 Å². The van der Waals surface area contributed by atoms with Crippen molar-refractivity contribution in [3.8, 4) is 0 Å². The van der Waals surface area contributed by atoms with Crippen LogP contribution in [0.15, 0.2) is 42.2 Å². The van der Waals surface area contributed by atoms with Crippen LogP contribution < -0.4 is 0 Å². The van der Waals surface area contributed by atoms with Gasteiger partial charge in [0.15, 0.2) is 0 Å². The zero-order valence-electron chi connectivity index (χ0n) is 8.66. The molecule has 0 bridgehead atoms. The van der Waals surface area contributed by atoms with Crippen LogP contribution in [0.2, 0.25) is 0 Å². The second-order valence-corrected chi connectivity index (χ2v) is 3.85. The molecule has 1 aliphatic carbocycles. The minimum atomic E-state index is 0.908. The van der Waals surface area contributed by atoms with E-state index in [0.717, 1.165) is 12.2 Å². The van der Waals surface area contributed by atoms with E-state index in [0.29, 0.717) is 0 Å². The normalized spacial score (nSPS) is 13.8. The fourth-order valence-corrected chi connectivity index (χ4v) is 2.26. The number of rotatable bonds is 1. The monoisotopic (exact) mass is 196 g/mol. The Hall–Kier alpha value is -1.76. The minimum absolute atomic E-state index is 0.908. The third-order valence-corrected chi connectivity index (χ3v) is 2.97. The van der Waals surface area contributed by atoms with Crippen LogP contribution >= 0.6 is 0 Å². The quantitative estimate of drug-likeness (QED) is 0.679. The van der Waals surface area contributed by atoms with E-state index in [-0.39, 0.29) is 0 Å². The van der Waals surface area contributed by atoms with Crippen LogP contribution in [-0.4, -0.2) is 7.11 Å². The van der Waals surface area contributed by atoms with Crippen LogP contribution in [0.25, 0.3) is 16.8 Å². The fourth-order valence-electron chi connectivity index (χ4n) is 2.26. The Morgan fingerprint density at radius 1 is 1.07 bits per heavy atom. The van der Waals surface area contributed by atoms with Crippen molar-refractivity contribution < 1.29 is 4.74 Å². The lowest BCUT2D eigenvalue weighted by atomic mass is 9.92. The molecule has 1 aliphatic rings. The zero-order valence-corrected chi connectivity index (χ0v) is 8.66. The second kappa shape index (κ2) is 3.13. The first-order chi connectivity index (χ1) is 7.38. The summed E-state index contributed by atoms with van der Waals surface area (Å²) in [5.41, 5.74) is 2.63. The van der Waals surface area contributed by atoms with Gasteiger partial charge < -0.3 is 4.74 Å². The Morgan fingerprint density at radius 3 is 2.67 bits per heavy atom. The standard InChI is InChI=1S/C14H12O/c1-15-13-8-11-6-2-4-10-5-3-7-12(9-13)14(10)11/h2-8H,9H2,1H3. The molecule has 74 valence electrons. The third-order valence-electron chi connectivity index (χ3n) is 2.97. The van der Waals surface area contributed by atoms with E-state index in [1.165, 1.54) is 21.9 Å². The summed E-state index contributed by atoms with van der Waals surface area (Å²) in [5, 5.41) is 2.69. The van der Waals surface area contributed by atoms with E-state index in [2.05, 4.69) is 42.5 Å². The van der Waals surface area contributed by atoms with Crippen LogP contribution in [0.4, 0.5) is 0 Å². The van der Waals surface area contributed by atoms with Crippen molar-refractivity contribution >= 4 is 16.8 Å². The molecule has 0 amide bonds. The van der Waals surface area contributed by atoms with Gasteiger partial charge in [-0.15, -0.1) is 0 Å². The van der Waals surface area contributed by atoms with Gasteiger partial charge in [0, 0.05) is 6.42 Å². The lowest BCUT2D eigenvalue weighted by molar-refractivity contribution is 0.287. The summed E-state index contributed by atoms with van der Waals surface area (Å²) in [6.45, 7) is 0. The molecule has 2 aromatic carbocycles. The number of methoxy groups -OCH3 is 1. The highest BCUT2D eigenvalue weighted by atomic mass is 16.5. The van der Waals surface area contributed by atoms with Gasteiger partial charge in [0.1, 0.15) is 5.76 Å². The van der Waals surface area contributed by atoms with Gasteiger partial charge in [0.05, 0.1) is 7.11 Å². The van der Waals surface area contributed by atoms with Crippen molar-refractivity contribution in [2.24, 2.45) is 0 Å². The topological polar surface area (TPSA) is 9.23 Å². The summed E-state index contributed by atoms with van der Waals surface area (Å²) in [6, 6.07) is 12.8. The summed E-state index contributed by atoms with van der Waals surface area (Å²) < 4.78 is 5.34. The Bertz CT molecular complexity index is 547. The molecule has 0 saturated carbocycles. The van der Waals surface area contributed by atoms with Crippen LogP contribution in [0, 0.1) is 0 Å². The third kappa shape index (κ3) is 1.23. The van der Waals surface area contributed by atoms with E-state index in [9.17, 15) is 0 Å². The van der Waals surface area contributed by atoms with Crippen molar-refractivity contribution in [3.05, 3.63) is 53.3 Å². The lowest BCUT2D eigenvalue weighted by Gasteiger charge is -2.16. The van der Waals surface area contributed by atoms with E-state index < -0.39 is 0 Å². The second-order valence-electron chi connectivity index (χ2n) is 3.85.